The highest BCUT2D eigenvalue weighted by atomic mass is 19.2. The van der Waals surface area contributed by atoms with Crippen LogP contribution in [-0.4, -0.2) is 11.7 Å². The Bertz CT molecular complexity index is 330. The highest BCUT2D eigenvalue weighted by Gasteiger charge is 2.20. The van der Waals surface area contributed by atoms with Crippen LogP contribution in [0, 0.1) is 17.5 Å². The molecule has 1 rings (SSSR count). The molecule has 0 saturated heterocycles. The lowest BCUT2D eigenvalue weighted by Crippen LogP contribution is -2.11. The number of halogens is 3. The molecular weight excluding hydrogens is 195 g/mol. The maximum atomic E-state index is 13.0. The third-order valence-electron chi connectivity index (χ3n) is 1.85. The lowest BCUT2D eigenvalue weighted by molar-refractivity contribution is 0.159. The van der Waals surface area contributed by atoms with Crippen LogP contribution in [0.4, 0.5) is 13.2 Å². The number of benzene rings is 1. The van der Waals surface area contributed by atoms with Crippen LogP contribution >= 0.6 is 0 Å². The third-order valence-corrected chi connectivity index (χ3v) is 1.85. The Balaban J connectivity index is 3.11. The zero-order valence-corrected chi connectivity index (χ0v) is 7.30. The Morgan fingerprint density at radius 2 is 1.79 bits per heavy atom. The summed E-state index contributed by atoms with van der Waals surface area (Å²) in [7, 11) is 0. The van der Waals surface area contributed by atoms with Crippen LogP contribution in [0.15, 0.2) is 12.1 Å². The Labute approximate surface area is 79.2 Å². The molecule has 3 N–H and O–H groups in total. The number of aliphatic hydroxyl groups is 1. The van der Waals surface area contributed by atoms with E-state index in [2.05, 4.69) is 0 Å². The van der Waals surface area contributed by atoms with Gasteiger partial charge in [-0.1, -0.05) is 0 Å². The van der Waals surface area contributed by atoms with Crippen LogP contribution in [0.25, 0.3) is 0 Å². The molecule has 0 amide bonds. The van der Waals surface area contributed by atoms with Crippen molar-refractivity contribution in [2.24, 2.45) is 5.73 Å². The molecule has 0 bridgehead atoms. The van der Waals surface area contributed by atoms with Crippen LogP contribution in [0.5, 0.6) is 0 Å². The fourth-order valence-corrected chi connectivity index (χ4v) is 1.15. The molecule has 1 atom stereocenters. The normalized spacial score (nSPS) is 12.9. The first-order valence-corrected chi connectivity index (χ1v) is 4.09. The number of hydrogen-bond donors (Lipinski definition) is 2. The molecule has 0 heterocycles. The molecule has 0 radical (unpaired) electrons. The lowest BCUT2D eigenvalue weighted by atomic mass is 10.1. The summed E-state index contributed by atoms with van der Waals surface area (Å²) in [5, 5.41) is 9.28. The van der Waals surface area contributed by atoms with Crippen molar-refractivity contribution in [1.82, 2.24) is 0 Å². The summed E-state index contributed by atoms with van der Waals surface area (Å²) in [6.45, 7) is 0.0660. The molecule has 0 aliphatic rings. The Kier molecular flexibility index (Phi) is 3.49. The second-order valence-corrected chi connectivity index (χ2v) is 2.85. The molecular formula is C9H10F3NO. The second kappa shape index (κ2) is 4.43. The fraction of sp³-hybridized carbons (Fsp3) is 0.333. The largest absolute Gasteiger partial charge is 0.388 e. The van der Waals surface area contributed by atoms with Crippen molar-refractivity contribution in [2.45, 2.75) is 12.5 Å². The van der Waals surface area contributed by atoms with Gasteiger partial charge in [0.25, 0.3) is 0 Å². The number of rotatable bonds is 3. The van der Waals surface area contributed by atoms with Crippen LogP contribution in [0.1, 0.15) is 18.1 Å². The van der Waals surface area contributed by atoms with E-state index < -0.39 is 29.1 Å². The summed E-state index contributed by atoms with van der Waals surface area (Å²) in [4.78, 5) is 0. The van der Waals surface area contributed by atoms with Crippen LogP contribution in [0.2, 0.25) is 0 Å². The molecule has 78 valence electrons. The molecule has 5 heteroatoms. The predicted octanol–water partition coefficient (Wildman–Crippen LogP) is 1.49. The average molecular weight is 205 g/mol. The molecule has 0 aromatic heterocycles. The van der Waals surface area contributed by atoms with Gasteiger partial charge in [-0.25, -0.2) is 13.2 Å². The van der Waals surface area contributed by atoms with Gasteiger partial charge in [0.1, 0.15) is 5.82 Å². The van der Waals surface area contributed by atoms with Crippen molar-refractivity contribution in [3.05, 3.63) is 35.1 Å². The molecule has 0 spiro atoms. The van der Waals surface area contributed by atoms with E-state index in [9.17, 15) is 18.3 Å². The van der Waals surface area contributed by atoms with E-state index in [0.29, 0.717) is 6.07 Å². The maximum Gasteiger partial charge on any atom is 0.167 e. The Morgan fingerprint density at radius 3 is 2.36 bits per heavy atom. The van der Waals surface area contributed by atoms with E-state index in [1.54, 1.807) is 0 Å². The van der Waals surface area contributed by atoms with E-state index in [1.165, 1.54) is 0 Å². The van der Waals surface area contributed by atoms with Crippen molar-refractivity contribution in [2.75, 3.05) is 6.54 Å². The average Bonchev–Trinajstić information content (AvgIpc) is 2.13. The summed E-state index contributed by atoms with van der Waals surface area (Å²) >= 11 is 0. The number of aliphatic hydroxyl groups excluding tert-OH is 1. The summed E-state index contributed by atoms with van der Waals surface area (Å²) in [6, 6.07) is 1.44. The van der Waals surface area contributed by atoms with E-state index in [1.807, 2.05) is 0 Å². The summed E-state index contributed by atoms with van der Waals surface area (Å²) in [5.41, 5.74) is 4.45. The molecule has 14 heavy (non-hydrogen) atoms. The van der Waals surface area contributed by atoms with Crippen molar-refractivity contribution in [1.29, 1.82) is 0 Å². The topological polar surface area (TPSA) is 46.2 Å². The summed E-state index contributed by atoms with van der Waals surface area (Å²) < 4.78 is 38.7. The monoisotopic (exact) mass is 205 g/mol. The van der Waals surface area contributed by atoms with Gasteiger partial charge in [-0.05, 0) is 25.1 Å². The first-order valence-electron chi connectivity index (χ1n) is 4.09. The van der Waals surface area contributed by atoms with Gasteiger partial charge in [0.15, 0.2) is 11.6 Å². The van der Waals surface area contributed by atoms with Gasteiger partial charge in [0.2, 0.25) is 0 Å². The quantitative estimate of drug-likeness (QED) is 0.734. The van der Waals surface area contributed by atoms with Gasteiger partial charge in [0.05, 0.1) is 11.7 Å². The standard InChI is InChI=1S/C9H10F3NO/c10-5-1-2-6(11)9(12)8(5)7(14)3-4-13/h1-2,7,14H,3-4,13H2. The molecule has 0 aliphatic carbocycles. The SMILES string of the molecule is NCCC(O)c1c(F)ccc(F)c1F. The van der Waals surface area contributed by atoms with Crippen LogP contribution in [-0.2, 0) is 0 Å². The molecule has 0 fully saturated rings. The zero-order valence-electron chi connectivity index (χ0n) is 7.30. The number of nitrogens with two attached hydrogens (primary N) is 1. The fourth-order valence-electron chi connectivity index (χ4n) is 1.15. The van der Waals surface area contributed by atoms with Crippen molar-refractivity contribution < 1.29 is 18.3 Å². The first kappa shape index (κ1) is 11.0. The molecule has 1 unspecified atom stereocenters. The molecule has 1 aromatic carbocycles. The van der Waals surface area contributed by atoms with Gasteiger partial charge in [-0.2, -0.15) is 0 Å². The molecule has 2 nitrogen and oxygen atoms in total. The van der Waals surface area contributed by atoms with Gasteiger partial charge in [-0.15, -0.1) is 0 Å². The molecule has 0 saturated carbocycles. The smallest absolute Gasteiger partial charge is 0.167 e. The maximum absolute atomic E-state index is 13.0. The lowest BCUT2D eigenvalue weighted by Gasteiger charge is -2.11. The zero-order chi connectivity index (χ0) is 10.7. The molecule has 1 aromatic rings. The summed E-state index contributed by atoms with van der Waals surface area (Å²) in [5.74, 6) is -3.51. The second-order valence-electron chi connectivity index (χ2n) is 2.85. The van der Waals surface area contributed by atoms with E-state index >= 15 is 0 Å². The van der Waals surface area contributed by atoms with Crippen LogP contribution < -0.4 is 5.73 Å². The predicted molar refractivity (Wildman–Crippen MR) is 44.9 cm³/mol. The minimum Gasteiger partial charge on any atom is -0.388 e. The Hall–Kier alpha value is -1.07. The van der Waals surface area contributed by atoms with E-state index in [4.69, 9.17) is 5.73 Å². The third kappa shape index (κ3) is 2.05. The summed E-state index contributed by atoms with van der Waals surface area (Å²) in [6.07, 6.45) is -1.42. The van der Waals surface area contributed by atoms with E-state index in [0.717, 1.165) is 6.07 Å². The van der Waals surface area contributed by atoms with Gasteiger partial charge >= 0.3 is 0 Å². The van der Waals surface area contributed by atoms with Gasteiger partial charge in [0, 0.05) is 0 Å². The minimum atomic E-state index is -1.41. The molecule has 0 aliphatic heterocycles. The van der Waals surface area contributed by atoms with Gasteiger partial charge < -0.3 is 10.8 Å². The first-order chi connectivity index (χ1) is 6.57. The van der Waals surface area contributed by atoms with Crippen LogP contribution in [0.3, 0.4) is 0 Å². The minimum absolute atomic E-state index is 0.0166. The van der Waals surface area contributed by atoms with Crippen molar-refractivity contribution >= 4 is 0 Å². The highest BCUT2D eigenvalue weighted by Crippen LogP contribution is 2.24. The number of hydrogen-bond acceptors (Lipinski definition) is 2. The van der Waals surface area contributed by atoms with Gasteiger partial charge in [-0.3, -0.25) is 0 Å². The van der Waals surface area contributed by atoms with Crippen molar-refractivity contribution in [3.8, 4) is 0 Å². The van der Waals surface area contributed by atoms with Crippen molar-refractivity contribution in [3.63, 3.8) is 0 Å². The highest BCUT2D eigenvalue weighted by molar-refractivity contribution is 5.23. The Morgan fingerprint density at radius 1 is 1.21 bits per heavy atom. The van der Waals surface area contributed by atoms with E-state index in [-0.39, 0.29) is 13.0 Å².